The highest BCUT2D eigenvalue weighted by Crippen LogP contribution is 2.33. The molecule has 47 heavy (non-hydrogen) atoms. The Bertz CT molecular complexity index is 1810. The molecule has 4 heterocycles. The van der Waals surface area contributed by atoms with Gasteiger partial charge in [-0.25, -0.2) is 14.8 Å². The highest BCUT2D eigenvalue weighted by atomic mass is 32.3. The Kier molecular flexibility index (Phi) is 9.77. The third kappa shape index (κ3) is 8.03. The molecule has 7 N–H and O–H groups in total. The molecule has 20 heteroatoms. The van der Waals surface area contributed by atoms with Gasteiger partial charge in [-0.05, 0) is 70.1 Å². The first-order valence-corrected chi connectivity index (χ1v) is 16.5. The number of oxime groups is 1. The van der Waals surface area contributed by atoms with Crippen molar-refractivity contribution in [3.05, 3.63) is 41.4 Å². The number of rotatable bonds is 13. The second-order valence-corrected chi connectivity index (χ2v) is 13.1. The number of nitrogens with one attached hydrogen (secondary N) is 3. The summed E-state index contributed by atoms with van der Waals surface area (Å²) in [6.45, 7) is 4.12. The molecule has 0 bridgehead atoms. The summed E-state index contributed by atoms with van der Waals surface area (Å²) >= 11 is 0.962. The zero-order chi connectivity index (χ0) is 33.9. The summed E-state index contributed by atoms with van der Waals surface area (Å²) in [6, 6.07) is 7.83. The monoisotopic (exact) mass is 692 g/mol. The Morgan fingerprint density at radius 1 is 1.23 bits per heavy atom. The van der Waals surface area contributed by atoms with E-state index in [0.29, 0.717) is 22.4 Å². The van der Waals surface area contributed by atoms with E-state index in [2.05, 4.69) is 35.4 Å². The predicted octanol–water partition coefficient (Wildman–Crippen LogP) is 0.530. The van der Waals surface area contributed by atoms with Crippen LogP contribution < -0.4 is 26.4 Å². The SMILES string of the molecule is CC1(C)[C@H](NC(=O)/C(=N\OC(COc2ccc3nc(NC4CCNCC4)ccc3c2)C(=O)O)c2csc(N)n2)C(=O)N1OS(=O)(=O)O. The van der Waals surface area contributed by atoms with Crippen LogP contribution in [0.1, 0.15) is 32.4 Å². The summed E-state index contributed by atoms with van der Waals surface area (Å²) in [7, 11) is -5.02. The van der Waals surface area contributed by atoms with E-state index in [4.69, 9.17) is 19.9 Å². The second-order valence-electron chi connectivity index (χ2n) is 11.2. The molecule has 0 radical (unpaired) electrons. The fourth-order valence-corrected chi connectivity index (χ4v) is 5.91. The van der Waals surface area contributed by atoms with Crippen molar-refractivity contribution in [2.75, 3.05) is 30.7 Å². The van der Waals surface area contributed by atoms with Crippen molar-refractivity contribution in [1.82, 2.24) is 25.7 Å². The van der Waals surface area contributed by atoms with Gasteiger partial charge in [-0.1, -0.05) is 5.16 Å². The number of carboxylic acid groups (broad SMARTS) is 1. The van der Waals surface area contributed by atoms with Gasteiger partial charge in [0.15, 0.2) is 10.8 Å². The Balaban J connectivity index is 1.26. The minimum atomic E-state index is -5.02. The molecule has 0 aliphatic carbocycles. The lowest BCUT2D eigenvalue weighted by molar-refractivity contribution is -0.218. The summed E-state index contributed by atoms with van der Waals surface area (Å²) < 4.78 is 41.1. The van der Waals surface area contributed by atoms with E-state index in [1.165, 1.54) is 19.2 Å². The van der Waals surface area contributed by atoms with Gasteiger partial charge in [-0.2, -0.15) is 13.5 Å². The zero-order valence-corrected chi connectivity index (χ0v) is 26.7. The molecule has 2 aromatic heterocycles. The van der Waals surface area contributed by atoms with Crippen molar-refractivity contribution in [2.45, 2.75) is 50.4 Å². The quantitative estimate of drug-likeness (QED) is 0.0618. The number of hydroxylamine groups is 2. The first kappa shape index (κ1) is 33.7. The number of nitrogen functional groups attached to an aromatic ring is 1. The number of thiazole rings is 1. The number of fused-ring (bicyclic) bond motifs is 1. The van der Waals surface area contributed by atoms with Crippen LogP contribution >= 0.6 is 11.3 Å². The van der Waals surface area contributed by atoms with Gasteiger partial charge in [0.25, 0.3) is 17.9 Å². The van der Waals surface area contributed by atoms with Gasteiger partial charge in [0.1, 0.15) is 29.9 Å². The number of hydrogen-bond acceptors (Lipinski definition) is 15. The van der Waals surface area contributed by atoms with Gasteiger partial charge < -0.3 is 36.4 Å². The number of anilines is 2. The molecule has 0 saturated carbocycles. The van der Waals surface area contributed by atoms with Crippen LogP contribution in [0.5, 0.6) is 5.75 Å². The minimum Gasteiger partial charge on any atom is -0.489 e. The number of carboxylic acids is 1. The number of hydrogen-bond donors (Lipinski definition) is 6. The van der Waals surface area contributed by atoms with Crippen LogP contribution in [0.2, 0.25) is 0 Å². The molecule has 3 aromatic rings. The van der Waals surface area contributed by atoms with E-state index >= 15 is 0 Å². The van der Waals surface area contributed by atoms with E-state index in [1.54, 1.807) is 18.2 Å². The Labute approximate surface area is 272 Å². The van der Waals surface area contributed by atoms with Crippen molar-refractivity contribution in [3.63, 3.8) is 0 Å². The maximum absolute atomic E-state index is 13.2. The lowest BCUT2D eigenvalue weighted by atomic mass is 9.84. The number of carbonyl (C=O) groups is 3. The highest BCUT2D eigenvalue weighted by Gasteiger charge is 2.58. The molecule has 2 aliphatic heterocycles. The lowest BCUT2D eigenvalue weighted by Gasteiger charge is -2.50. The number of amides is 2. The third-order valence-electron chi connectivity index (χ3n) is 7.40. The fraction of sp³-hybridized carbons (Fsp3) is 0.407. The van der Waals surface area contributed by atoms with E-state index in [0.717, 1.165) is 48.5 Å². The molecule has 2 atom stereocenters. The number of aliphatic carboxylic acids is 1. The first-order chi connectivity index (χ1) is 22.2. The summed E-state index contributed by atoms with van der Waals surface area (Å²) in [5.74, 6) is -2.36. The zero-order valence-electron chi connectivity index (χ0n) is 25.1. The topological polar surface area (TPSA) is 257 Å². The molecular formula is C27H32N8O10S2. The van der Waals surface area contributed by atoms with Crippen molar-refractivity contribution in [1.29, 1.82) is 0 Å². The number of pyridine rings is 1. The van der Waals surface area contributed by atoms with E-state index in [-0.39, 0.29) is 10.8 Å². The number of β-lactam (4-membered cyclic amide) rings is 1. The van der Waals surface area contributed by atoms with Crippen LogP contribution in [-0.4, -0.2) is 100 Å². The molecule has 2 aliphatic rings. The van der Waals surface area contributed by atoms with Crippen LogP contribution in [-0.2, 0) is 33.9 Å². The van der Waals surface area contributed by atoms with E-state index in [9.17, 15) is 27.9 Å². The third-order valence-corrected chi connectivity index (χ3v) is 8.41. The molecule has 18 nitrogen and oxygen atoms in total. The van der Waals surface area contributed by atoms with Gasteiger partial charge in [-0.15, -0.1) is 15.6 Å². The normalized spacial score (nSPS) is 19.1. The van der Waals surface area contributed by atoms with Crippen molar-refractivity contribution in [2.24, 2.45) is 5.16 Å². The molecular weight excluding hydrogens is 660 g/mol. The predicted molar refractivity (Wildman–Crippen MR) is 168 cm³/mol. The van der Waals surface area contributed by atoms with E-state index in [1.807, 2.05) is 12.1 Å². The number of piperidine rings is 1. The Morgan fingerprint density at radius 2 is 1.98 bits per heavy atom. The number of aromatic nitrogens is 2. The van der Waals surface area contributed by atoms with Gasteiger partial charge in [-0.3, -0.25) is 14.1 Å². The molecule has 2 saturated heterocycles. The van der Waals surface area contributed by atoms with Crippen molar-refractivity contribution >= 4 is 67.1 Å². The molecule has 2 fully saturated rings. The molecule has 1 aromatic carbocycles. The Hall–Kier alpha value is -4.63. The van der Waals surface area contributed by atoms with Crippen LogP contribution in [0.3, 0.4) is 0 Å². The summed E-state index contributed by atoms with van der Waals surface area (Å²) in [6.07, 6.45) is 0.318. The van der Waals surface area contributed by atoms with Crippen LogP contribution in [0.25, 0.3) is 10.9 Å². The number of carbonyl (C=O) groups excluding carboxylic acids is 2. The van der Waals surface area contributed by atoms with Crippen molar-refractivity contribution < 1.29 is 46.3 Å². The number of benzene rings is 1. The van der Waals surface area contributed by atoms with Crippen LogP contribution in [0.4, 0.5) is 10.9 Å². The summed E-state index contributed by atoms with van der Waals surface area (Å²) in [5, 5.41) is 25.2. The maximum Gasteiger partial charge on any atom is 0.418 e. The van der Waals surface area contributed by atoms with Gasteiger partial charge in [0.05, 0.1) is 11.1 Å². The lowest BCUT2D eigenvalue weighted by Crippen LogP contribution is -2.76. The highest BCUT2D eigenvalue weighted by molar-refractivity contribution is 7.80. The molecule has 252 valence electrons. The molecule has 5 rings (SSSR count). The number of nitrogens with zero attached hydrogens (tertiary/aromatic N) is 4. The van der Waals surface area contributed by atoms with E-state index < -0.39 is 58.2 Å². The molecule has 0 spiro atoms. The van der Waals surface area contributed by atoms with Gasteiger partial charge in [0.2, 0.25) is 0 Å². The Morgan fingerprint density at radius 3 is 2.62 bits per heavy atom. The average molecular weight is 693 g/mol. The second kappa shape index (κ2) is 13.6. The maximum atomic E-state index is 13.2. The number of ether oxygens (including phenoxy) is 1. The summed E-state index contributed by atoms with van der Waals surface area (Å²) in [5.41, 5.74) is 4.39. The molecule has 1 unspecified atom stereocenters. The molecule has 2 amide bonds. The standard InChI is InChI=1S/C27H32N8O10S2/c1-27(2)22(24(37)35(27)45-47(40,41)42)33-23(36)21(18-13-46-26(28)32-18)34-44-19(25(38)39)12-43-16-4-5-17-14(11-16)3-6-20(31-17)30-15-7-9-29-10-8-15/h3-6,11,13,15,19,22,29H,7-10,12H2,1-2H3,(H2,28,32)(H,30,31)(H,33,36)(H,38,39)(H,40,41,42)/b34-21-/t19?,22-/m1/s1. The smallest absolute Gasteiger partial charge is 0.418 e. The van der Waals surface area contributed by atoms with Gasteiger partial charge >= 0.3 is 16.4 Å². The van der Waals surface area contributed by atoms with Crippen molar-refractivity contribution in [3.8, 4) is 5.75 Å². The van der Waals surface area contributed by atoms with Crippen LogP contribution in [0, 0.1) is 0 Å². The number of nitrogens with two attached hydrogens (primary N) is 1. The fourth-order valence-electron chi connectivity index (χ4n) is 4.90. The van der Waals surface area contributed by atoms with Gasteiger partial charge in [0, 0.05) is 16.8 Å². The van der Waals surface area contributed by atoms with Crippen LogP contribution in [0.15, 0.2) is 40.9 Å². The minimum absolute atomic E-state index is 0.0615. The first-order valence-electron chi connectivity index (χ1n) is 14.2. The largest absolute Gasteiger partial charge is 0.489 e. The average Bonchev–Trinajstić information content (AvgIpc) is 3.45. The summed E-state index contributed by atoms with van der Waals surface area (Å²) in [4.78, 5) is 51.6.